The van der Waals surface area contributed by atoms with Crippen molar-refractivity contribution in [3.63, 3.8) is 0 Å². The second-order valence-electron chi connectivity index (χ2n) is 4.84. The van der Waals surface area contributed by atoms with E-state index in [1.54, 1.807) is 18.5 Å². The number of nitrogen functional groups attached to an aromatic ring is 1. The first-order chi connectivity index (χ1) is 10.1. The molecule has 4 nitrogen and oxygen atoms in total. The van der Waals surface area contributed by atoms with Crippen LogP contribution in [-0.2, 0) is 6.42 Å². The van der Waals surface area contributed by atoms with Gasteiger partial charge in [0.05, 0.1) is 11.2 Å². The van der Waals surface area contributed by atoms with Gasteiger partial charge in [-0.05, 0) is 39.7 Å². The number of hydrogen-bond donors (Lipinski definition) is 2. The molecule has 21 heavy (non-hydrogen) atoms. The lowest BCUT2D eigenvalue weighted by molar-refractivity contribution is 0.173. The zero-order chi connectivity index (χ0) is 14.8. The molecule has 0 saturated heterocycles. The third-order valence-electron chi connectivity index (χ3n) is 3.37. The van der Waals surface area contributed by atoms with Crippen LogP contribution in [0.3, 0.4) is 0 Å². The summed E-state index contributed by atoms with van der Waals surface area (Å²) in [6.45, 7) is 0. The third-order valence-corrected chi connectivity index (χ3v) is 4.01. The second-order valence-corrected chi connectivity index (χ2v) is 5.70. The standard InChI is InChI=1S/C16H14BrN3O/c17-12-7-10-3-1-2-4-14(10)20-16(12)15(21)8-11-9-19-6-5-13(11)18/h1-7,9,15,21H,8H2,(H2,18,19). The van der Waals surface area contributed by atoms with Crippen molar-refractivity contribution in [3.8, 4) is 0 Å². The normalized spacial score (nSPS) is 12.5. The van der Waals surface area contributed by atoms with Gasteiger partial charge in [-0.1, -0.05) is 18.2 Å². The fourth-order valence-electron chi connectivity index (χ4n) is 2.25. The zero-order valence-corrected chi connectivity index (χ0v) is 12.8. The number of nitrogens with two attached hydrogens (primary N) is 1. The zero-order valence-electron chi connectivity index (χ0n) is 11.2. The molecule has 2 aromatic heterocycles. The number of pyridine rings is 2. The summed E-state index contributed by atoms with van der Waals surface area (Å²) in [7, 11) is 0. The van der Waals surface area contributed by atoms with Crippen LogP contribution >= 0.6 is 15.9 Å². The molecule has 106 valence electrons. The number of halogens is 1. The van der Waals surface area contributed by atoms with Gasteiger partial charge in [0, 0.05) is 34.4 Å². The molecule has 3 aromatic rings. The monoisotopic (exact) mass is 343 g/mol. The SMILES string of the molecule is Nc1ccncc1CC(O)c1nc2ccccc2cc1Br. The van der Waals surface area contributed by atoms with Crippen molar-refractivity contribution < 1.29 is 5.11 Å². The fourth-order valence-corrected chi connectivity index (χ4v) is 2.85. The smallest absolute Gasteiger partial charge is 0.101 e. The average molecular weight is 344 g/mol. The summed E-state index contributed by atoms with van der Waals surface area (Å²) in [6.07, 6.45) is 2.95. The first-order valence-corrected chi connectivity index (χ1v) is 7.36. The predicted molar refractivity (Wildman–Crippen MR) is 86.8 cm³/mol. The van der Waals surface area contributed by atoms with Gasteiger partial charge in [-0.15, -0.1) is 0 Å². The Labute approximate surface area is 130 Å². The highest BCUT2D eigenvalue weighted by molar-refractivity contribution is 9.10. The van der Waals surface area contributed by atoms with Crippen LogP contribution in [0.4, 0.5) is 5.69 Å². The molecule has 1 aromatic carbocycles. The van der Waals surface area contributed by atoms with Crippen molar-refractivity contribution in [2.45, 2.75) is 12.5 Å². The number of benzene rings is 1. The number of aliphatic hydroxyl groups is 1. The molecule has 0 bridgehead atoms. The summed E-state index contributed by atoms with van der Waals surface area (Å²) < 4.78 is 0.788. The molecule has 2 heterocycles. The molecule has 0 radical (unpaired) electrons. The van der Waals surface area contributed by atoms with E-state index in [-0.39, 0.29) is 0 Å². The number of hydrogen-bond acceptors (Lipinski definition) is 4. The van der Waals surface area contributed by atoms with E-state index in [0.29, 0.717) is 17.8 Å². The molecule has 0 aliphatic heterocycles. The van der Waals surface area contributed by atoms with E-state index in [2.05, 4.69) is 25.9 Å². The maximum Gasteiger partial charge on any atom is 0.101 e. The van der Waals surface area contributed by atoms with E-state index < -0.39 is 6.10 Å². The summed E-state index contributed by atoms with van der Waals surface area (Å²) in [5, 5.41) is 11.5. The molecule has 1 atom stereocenters. The van der Waals surface area contributed by atoms with E-state index in [0.717, 1.165) is 20.9 Å². The van der Waals surface area contributed by atoms with Crippen molar-refractivity contribution in [1.82, 2.24) is 9.97 Å². The molecule has 0 amide bonds. The summed E-state index contributed by atoms with van der Waals surface area (Å²) in [4.78, 5) is 8.58. The Morgan fingerprint density at radius 1 is 1.24 bits per heavy atom. The van der Waals surface area contributed by atoms with Crippen LogP contribution in [0.5, 0.6) is 0 Å². The van der Waals surface area contributed by atoms with Crippen LogP contribution in [0, 0.1) is 0 Å². The topological polar surface area (TPSA) is 72.0 Å². The van der Waals surface area contributed by atoms with Crippen LogP contribution in [0.1, 0.15) is 17.4 Å². The van der Waals surface area contributed by atoms with Crippen LogP contribution in [-0.4, -0.2) is 15.1 Å². The molecule has 0 fully saturated rings. The molecule has 3 N–H and O–H groups in total. The molecule has 0 aliphatic carbocycles. The molecule has 3 rings (SSSR count). The van der Waals surface area contributed by atoms with Gasteiger partial charge in [0.1, 0.15) is 6.10 Å². The first kappa shape index (κ1) is 14.0. The maximum atomic E-state index is 10.5. The Kier molecular flexibility index (Phi) is 3.86. The molecular weight excluding hydrogens is 330 g/mol. The maximum absolute atomic E-state index is 10.5. The van der Waals surface area contributed by atoms with Gasteiger partial charge in [-0.2, -0.15) is 0 Å². The number of aliphatic hydroxyl groups excluding tert-OH is 1. The van der Waals surface area contributed by atoms with Crippen molar-refractivity contribution in [1.29, 1.82) is 0 Å². The number of para-hydroxylation sites is 1. The number of aromatic nitrogens is 2. The van der Waals surface area contributed by atoms with Gasteiger partial charge in [0.2, 0.25) is 0 Å². The van der Waals surface area contributed by atoms with Gasteiger partial charge < -0.3 is 10.8 Å². The fraction of sp³-hybridized carbons (Fsp3) is 0.125. The quantitative estimate of drug-likeness (QED) is 0.765. The van der Waals surface area contributed by atoms with E-state index in [4.69, 9.17) is 5.73 Å². The highest BCUT2D eigenvalue weighted by atomic mass is 79.9. The van der Waals surface area contributed by atoms with Crippen LogP contribution < -0.4 is 5.73 Å². The molecule has 1 unspecified atom stereocenters. The minimum absolute atomic E-state index is 0.379. The van der Waals surface area contributed by atoms with E-state index in [1.165, 1.54) is 0 Å². The lowest BCUT2D eigenvalue weighted by Gasteiger charge is -2.14. The number of rotatable bonds is 3. The van der Waals surface area contributed by atoms with Gasteiger partial charge in [0.25, 0.3) is 0 Å². The Bertz CT molecular complexity index is 791. The van der Waals surface area contributed by atoms with E-state index in [9.17, 15) is 5.11 Å². The Morgan fingerprint density at radius 2 is 2.05 bits per heavy atom. The number of anilines is 1. The summed E-state index contributed by atoms with van der Waals surface area (Å²) in [5.74, 6) is 0. The van der Waals surface area contributed by atoms with Crippen LogP contribution in [0.25, 0.3) is 10.9 Å². The van der Waals surface area contributed by atoms with Gasteiger partial charge >= 0.3 is 0 Å². The van der Waals surface area contributed by atoms with Crippen LogP contribution in [0.2, 0.25) is 0 Å². The molecule has 0 saturated carbocycles. The average Bonchev–Trinajstić information content (AvgIpc) is 2.49. The van der Waals surface area contributed by atoms with Gasteiger partial charge in [-0.25, -0.2) is 4.98 Å². The van der Waals surface area contributed by atoms with Gasteiger partial charge in [0.15, 0.2) is 0 Å². The molecule has 5 heteroatoms. The third kappa shape index (κ3) is 2.89. The largest absolute Gasteiger partial charge is 0.398 e. The first-order valence-electron chi connectivity index (χ1n) is 6.57. The summed E-state index contributed by atoms with van der Waals surface area (Å²) >= 11 is 3.48. The van der Waals surface area contributed by atoms with Crippen molar-refractivity contribution >= 4 is 32.5 Å². The number of nitrogens with zero attached hydrogens (tertiary/aromatic N) is 2. The Balaban J connectivity index is 1.96. The summed E-state index contributed by atoms with van der Waals surface area (Å²) in [5.41, 5.74) is 8.79. The van der Waals surface area contributed by atoms with Crippen molar-refractivity contribution in [2.24, 2.45) is 0 Å². The second kappa shape index (κ2) is 5.79. The van der Waals surface area contributed by atoms with E-state index >= 15 is 0 Å². The Hall–Kier alpha value is -1.98. The van der Waals surface area contributed by atoms with Crippen molar-refractivity contribution in [3.05, 3.63) is 64.5 Å². The predicted octanol–water partition coefficient (Wildman–Crippen LogP) is 3.25. The highest BCUT2D eigenvalue weighted by Gasteiger charge is 2.16. The summed E-state index contributed by atoms with van der Waals surface area (Å²) in [6, 6.07) is 11.5. The minimum Gasteiger partial charge on any atom is -0.398 e. The lowest BCUT2D eigenvalue weighted by Crippen LogP contribution is -2.07. The molecular formula is C16H14BrN3O. The lowest BCUT2D eigenvalue weighted by atomic mass is 10.0. The highest BCUT2D eigenvalue weighted by Crippen LogP contribution is 2.28. The minimum atomic E-state index is -0.740. The molecule has 0 aliphatic rings. The van der Waals surface area contributed by atoms with E-state index in [1.807, 2.05) is 30.3 Å². The number of fused-ring (bicyclic) bond motifs is 1. The van der Waals surface area contributed by atoms with Crippen LogP contribution in [0.15, 0.2) is 53.3 Å². The van der Waals surface area contributed by atoms with Gasteiger partial charge in [-0.3, -0.25) is 4.98 Å². The molecule has 0 spiro atoms. The van der Waals surface area contributed by atoms with Crippen molar-refractivity contribution in [2.75, 3.05) is 5.73 Å². The Morgan fingerprint density at radius 3 is 2.86 bits per heavy atom.